The van der Waals surface area contributed by atoms with Crippen molar-refractivity contribution >= 4 is 11.9 Å². The van der Waals surface area contributed by atoms with Gasteiger partial charge in [0.25, 0.3) is 0 Å². The summed E-state index contributed by atoms with van der Waals surface area (Å²) < 4.78 is 4.99. The smallest absolute Gasteiger partial charge is 0.152 e. The number of ketones is 1. The van der Waals surface area contributed by atoms with Crippen LogP contribution in [0.4, 0.5) is 0 Å². The molecule has 1 aromatic rings. The van der Waals surface area contributed by atoms with Crippen molar-refractivity contribution in [2.24, 2.45) is 0 Å². The van der Waals surface area contributed by atoms with Crippen LogP contribution in [-0.2, 0) is 16.1 Å². The number of hydrogen-bond donors (Lipinski definition) is 0. The molecule has 0 atom stereocenters. The van der Waals surface area contributed by atoms with E-state index < -0.39 is 0 Å². The van der Waals surface area contributed by atoms with Gasteiger partial charge in [0, 0.05) is 7.11 Å². The van der Waals surface area contributed by atoms with E-state index in [1.54, 1.807) is 19.3 Å². The van der Waals surface area contributed by atoms with Crippen molar-refractivity contribution in [1.29, 1.82) is 0 Å². The number of rotatable bonds is 4. The Bertz CT molecular complexity index is 323. The minimum atomic E-state index is 0.0611. The molecule has 0 heterocycles. The molecule has 14 heavy (non-hydrogen) atoms. The lowest BCUT2D eigenvalue weighted by Gasteiger charge is -1.99. The largest absolute Gasteiger partial charge is 0.380 e. The van der Waals surface area contributed by atoms with Gasteiger partial charge in [0.05, 0.1) is 6.61 Å². The van der Waals surface area contributed by atoms with Gasteiger partial charge >= 0.3 is 0 Å². The van der Waals surface area contributed by atoms with Gasteiger partial charge in [-0.3, -0.25) is 4.79 Å². The summed E-state index contributed by atoms with van der Waals surface area (Å²) in [5, 5.41) is 0. The molecule has 74 valence electrons. The maximum atomic E-state index is 10.7. The van der Waals surface area contributed by atoms with Crippen molar-refractivity contribution in [3.8, 4) is 0 Å². The molecule has 0 aliphatic carbocycles. The topological polar surface area (TPSA) is 26.3 Å². The predicted octanol–water partition coefficient (Wildman–Crippen LogP) is 2.44. The maximum Gasteiger partial charge on any atom is 0.152 e. The number of allylic oxidation sites excluding steroid dienone is 1. The van der Waals surface area contributed by atoms with E-state index in [0.717, 1.165) is 11.1 Å². The fraction of sp³-hybridized carbons (Fsp3) is 0.250. The molecule has 2 heteroatoms. The molecule has 0 N–H and O–H groups in total. The maximum absolute atomic E-state index is 10.7. The van der Waals surface area contributed by atoms with Gasteiger partial charge in [-0.15, -0.1) is 0 Å². The summed E-state index contributed by atoms with van der Waals surface area (Å²) in [6.07, 6.45) is 3.37. The first-order valence-corrected chi connectivity index (χ1v) is 4.49. The SMILES string of the molecule is COCc1ccc(C=CC(C)=O)cc1. The molecule has 0 fully saturated rings. The van der Waals surface area contributed by atoms with Crippen LogP contribution < -0.4 is 0 Å². The summed E-state index contributed by atoms with van der Waals surface area (Å²) >= 11 is 0. The molecule has 2 nitrogen and oxygen atoms in total. The van der Waals surface area contributed by atoms with Crippen molar-refractivity contribution in [2.75, 3.05) is 7.11 Å². The Morgan fingerprint density at radius 2 is 2.00 bits per heavy atom. The molecule has 0 radical (unpaired) electrons. The average molecular weight is 190 g/mol. The van der Waals surface area contributed by atoms with E-state index in [4.69, 9.17) is 4.74 Å². The predicted molar refractivity (Wildman–Crippen MR) is 56.9 cm³/mol. The third-order valence-electron chi connectivity index (χ3n) is 1.80. The highest BCUT2D eigenvalue weighted by Gasteiger charge is 1.91. The van der Waals surface area contributed by atoms with Gasteiger partial charge in [-0.2, -0.15) is 0 Å². The van der Waals surface area contributed by atoms with Crippen LogP contribution in [0.3, 0.4) is 0 Å². The van der Waals surface area contributed by atoms with Crippen molar-refractivity contribution in [3.63, 3.8) is 0 Å². The highest BCUT2D eigenvalue weighted by molar-refractivity contribution is 5.91. The minimum Gasteiger partial charge on any atom is -0.380 e. The number of carbonyl (C=O) groups is 1. The van der Waals surface area contributed by atoms with Gasteiger partial charge in [0.1, 0.15) is 0 Å². The highest BCUT2D eigenvalue weighted by Crippen LogP contribution is 2.06. The summed E-state index contributed by atoms with van der Waals surface area (Å²) in [5.74, 6) is 0.0611. The number of ether oxygens (including phenoxy) is 1. The summed E-state index contributed by atoms with van der Waals surface area (Å²) in [6.45, 7) is 2.16. The van der Waals surface area contributed by atoms with Gasteiger partial charge in [-0.1, -0.05) is 30.3 Å². The third kappa shape index (κ3) is 3.54. The van der Waals surface area contributed by atoms with Gasteiger partial charge < -0.3 is 4.74 Å². The molecular weight excluding hydrogens is 176 g/mol. The molecule has 1 aromatic carbocycles. The second-order valence-electron chi connectivity index (χ2n) is 3.12. The summed E-state index contributed by atoms with van der Waals surface area (Å²) in [5.41, 5.74) is 2.16. The van der Waals surface area contributed by atoms with Crippen molar-refractivity contribution in [2.45, 2.75) is 13.5 Å². The minimum absolute atomic E-state index is 0.0611. The second-order valence-corrected chi connectivity index (χ2v) is 3.12. The number of carbonyl (C=O) groups excluding carboxylic acids is 1. The number of benzene rings is 1. The lowest BCUT2D eigenvalue weighted by atomic mass is 10.1. The first-order valence-electron chi connectivity index (χ1n) is 4.49. The lowest BCUT2D eigenvalue weighted by molar-refractivity contribution is -0.112. The zero-order valence-corrected chi connectivity index (χ0v) is 8.49. The number of hydrogen-bond acceptors (Lipinski definition) is 2. The van der Waals surface area contributed by atoms with Crippen LogP contribution in [0, 0.1) is 0 Å². The zero-order valence-electron chi connectivity index (χ0n) is 8.49. The van der Waals surface area contributed by atoms with Gasteiger partial charge in [0.15, 0.2) is 5.78 Å². The van der Waals surface area contributed by atoms with E-state index in [1.807, 2.05) is 24.3 Å². The molecule has 0 saturated carbocycles. The molecular formula is C12H14O2. The summed E-state index contributed by atoms with van der Waals surface area (Å²) in [4.78, 5) is 10.7. The van der Waals surface area contributed by atoms with Crippen LogP contribution in [0.15, 0.2) is 30.3 Å². The Morgan fingerprint density at radius 3 is 2.50 bits per heavy atom. The van der Waals surface area contributed by atoms with E-state index in [2.05, 4.69) is 0 Å². The Balaban J connectivity index is 2.68. The Labute approximate surface area is 84.2 Å². The molecule has 0 bridgehead atoms. The Kier molecular flexibility index (Phi) is 4.08. The van der Waals surface area contributed by atoms with Gasteiger partial charge in [0.2, 0.25) is 0 Å². The summed E-state index contributed by atoms with van der Waals surface area (Å²) in [6, 6.07) is 7.91. The Hall–Kier alpha value is -1.41. The monoisotopic (exact) mass is 190 g/mol. The van der Waals surface area contributed by atoms with Gasteiger partial charge in [-0.05, 0) is 24.1 Å². The first-order chi connectivity index (χ1) is 6.72. The normalized spacial score (nSPS) is 10.7. The van der Waals surface area contributed by atoms with Crippen LogP contribution in [0.2, 0.25) is 0 Å². The highest BCUT2D eigenvalue weighted by atomic mass is 16.5. The van der Waals surface area contributed by atoms with Crippen LogP contribution in [0.1, 0.15) is 18.1 Å². The molecule has 0 amide bonds. The van der Waals surface area contributed by atoms with Crippen molar-refractivity contribution < 1.29 is 9.53 Å². The van der Waals surface area contributed by atoms with Crippen molar-refractivity contribution in [1.82, 2.24) is 0 Å². The molecule has 0 aromatic heterocycles. The van der Waals surface area contributed by atoms with Crippen LogP contribution >= 0.6 is 0 Å². The molecule has 0 aliphatic heterocycles. The van der Waals surface area contributed by atoms with E-state index in [1.165, 1.54) is 6.92 Å². The summed E-state index contributed by atoms with van der Waals surface area (Å²) in [7, 11) is 1.67. The molecule has 0 unspecified atom stereocenters. The Morgan fingerprint density at radius 1 is 1.36 bits per heavy atom. The van der Waals surface area contributed by atoms with Gasteiger partial charge in [-0.25, -0.2) is 0 Å². The van der Waals surface area contributed by atoms with E-state index in [-0.39, 0.29) is 5.78 Å². The fourth-order valence-corrected chi connectivity index (χ4v) is 1.11. The first kappa shape index (κ1) is 10.7. The average Bonchev–Trinajstić information content (AvgIpc) is 2.17. The second kappa shape index (κ2) is 5.35. The fourth-order valence-electron chi connectivity index (χ4n) is 1.11. The van der Waals surface area contributed by atoms with Crippen molar-refractivity contribution in [3.05, 3.63) is 41.5 Å². The molecule has 0 saturated heterocycles. The number of methoxy groups -OCH3 is 1. The molecule has 0 aliphatic rings. The molecule has 0 spiro atoms. The standard InChI is InChI=1S/C12H14O2/c1-10(13)3-4-11-5-7-12(8-6-11)9-14-2/h3-8H,9H2,1-2H3. The van der Waals surface area contributed by atoms with E-state index in [9.17, 15) is 4.79 Å². The van der Waals surface area contributed by atoms with E-state index >= 15 is 0 Å². The van der Waals surface area contributed by atoms with E-state index in [0.29, 0.717) is 6.61 Å². The molecule has 1 rings (SSSR count). The van der Waals surface area contributed by atoms with Crippen LogP contribution in [-0.4, -0.2) is 12.9 Å². The third-order valence-corrected chi connectivity index (χ3v) is 1.80. The quantitative estimate of drug-likeness (QED) is 0.681. The van der Waals surface area contributed by atoms with Crippen LogP contribution in [0.5, 0.6) is 0 Å². The van der Waals surface area contributed by atoms with Crippen LogP contribution in [0.25, 0.3) is 6.08 Å². The zero-order chi connectivity index (χ0) is 10.4. The lowest BCUT2D eigenvalue weighted by Crippen LogP contribution is -1.86.